The molecular formula is C23H25N5O3. The maximum atomic E-state index is 12.8. The highest BCUT2D eigenvalue weighted by atomic mass is 16.5. The standard InChI is InChI=1S/C23H25N5O3/c1-15-19(16(2)28-21(24-15)14-22(29)25-28)13-23(30)27(3)11-7-10-18-12-20(26-31-18)17-8-5-4-6-9-17/h4-6,8-9,12,14H,7,10-11,13H2,1-3H3,(H,25,29). The van der Waals surface area contributed by atoms with Gasteiger partial charge >= 0.3 is 0 Å². The van der Waals surface area contributed by atoms with Crippen molar-refractivity contribution in [1.82, 2.24) is 24.7 Å². The van der Waals surface area contributed by atoms with Crippen LogP contribution in [0.4, 0.5) is 0 Å². The number of H-pyrrole nitrogens is 1. The summed E-state index contributed by atoms with van der Waals surface area (Å²) in [4.78, 5) is 30.5. The van der Waals surface area contributed by atoms with Crippen LogP contribution >= 0.6 is 0 Å². The largest absolute Gasteiger partial charge is 0.361 e. The number of carbonyl (C=O) groups excluding carboxylic acids is 1. The molecule has 8 nitrogen and oxygen atoms in total. The molecule has 0 saturated heterocycles. The summed E-state index contributed by atoms with van der Waals surface area (Å²) in [5.74, 6) is 0.807. The number of amides is 1. The number of hydrogen-bond donors (Lipinski definition) is 1. The van der Waals surface area contributed by atoms with Crippen LogP contribution in [0.2, 0.25) is 0 Å². The summed E-state index contributed by atoms with van der Waals surface area (Å²) >= 11 is 0. The van der Waals surface area contributed by atoms with E-state index in [0.29, 0.717) is 18.6 Å². The lowest BCUT2D eigenvalue weighted by atomic mass is 10.1. The first kappa shape index (κ1) is 20.6. The molecule has 0 fully saturated rings. The number of nitrogens with zero attached hydrogens (tertiary/aromatic N) is 4. The van der Waals surface area contributed by atoms with Crippen molar-refractivity contribution in [3.8, 4) is 11.3 Å². The van der Waals surface area contributed by atoms with Crippen molar-refractivity contribution in [3.05, 3.63) is 75.5 Å². The molecule has 31 heavy (non-hydrogen) atoms. The van der Waals surface area contributed by atoms with Crippen molar-refractivity contribution in [1.29, 1.82) is 0 Å². The number of nitrogens with one attached hydrogen (secondary N) is 1. The third-order valence-corrected chi connectivity index (χ3v) is 5.50. The van der Waals surface area contributed by atoms with Gasteiger partial charge < -0.3 is 9.42 Å². The number of hydrogen-bond acceptors (Lipinski definition) is 5. The van der Waals surface area contributed by atoms with E-state index < -0.39 is 0 Å². The quantitative estimate of drug-likeness (QED) is 0.497. The Morgan fingerprint density at radius 3 is 2.74 bits per heavy atom. The van der Waals surface area contributed by atoms with Gasteiger partial charge in [-0.3, -0.25) is 14.7 Å². The molecule has 1 amide bonds. The molecule has 0 bridgehead atoms. The van der Waals surface area contributed by atoms with Gasteiger partial charge in [0.05, 0.1) is 6.42 Å². The van der Waals surface area contributed by atoms with Crippen molar-refractivity contribution in [2.24, 2.45) is 0 Å². The SMILES string of the molecule is Cc1nc2cc(=O)[nH]n2c(C)c1CC(=O)N(C)CCCc1cc(-c2ccccc2)no1. The van der Waals surface area contributed by atoms with Gasteiger partial charge in [0.1, 0.15) is 11.5 Å². The summed E-state index contributed by atoms with van der Waals surface area (Å²) in [5.41, 5.74) is 4.60. The minimum atomic E-state index is -0.210. The van der Waals surface area contributed by atoms with Crippen LogP contribution in [0.15, 0.2) is 51.8 Å². The van der Waals surface area contributed by atoms with E-state index in [-0.39, 0.29) is 17.9 Å². The normalized spacial score (nSPS) is 11.2. The Labute approximate surface area is 179 Å². The number of likely N-dealkylation sites (N-methyl/N-ethyl adjacent to an activating group) is 1. The first-order valence-corrected chi connectivity index (χ1v) is 10.2. The second kappa shape index (κ2) is 8.59. The summed E-state index contributed by atoms with van der Waals surface area (Å²) in [6, 6.07) is 13.3. The maximum absolute atomic E-state index is 12.8. The highest BCUT2D eigenvalue weighted by Gasteiger charge is 2.17. The Balaban J connectivity index is 1.35. The average Bonchev–Trinajstić information content (AvgIpc) is 3.38. The molecule has 1 N–H and O–H groups in total. The number of aromatic nitrogens is 4. The van der Waals surface area contributed by atoms with Crippen LogP contribution in [-0.2, 0) is 17.6 Å². The Hall–Kier alpha value is -3.68. The van der Waals surface area contributed by atoms with E-state index in [0.717, 1.165) is 40.4 Å². The van der Waals surface area contributed by atoms with Crippen molar-refractivity contribution in [2.75, 3.05) is 13.6 Å². The van der Waals surface area contributed by atoms with E-state index in [1.165, 1.54) is 6.07 Å². The van der Waals surface area contributed by atoms with E-state index in [1.54, 1.807) is 16.5 Å². The predicted molar refractivity (Wildman–Crippen MR) is 117 cm³/mol. The first-order valence-electron chi connectivity index (χ1n) is 10.2. The number of aromatic amines is 1. The molecule has 3 heterocycles. The smallest absolute Gasteiger partial charge is 0.266 e. The second-order valence-corrected chi connectivity index (χ2v) is 7.72. The van der Waals surface area contributed by atoms with Gasteiger partial charge in [-0.2, -0.15) is 0 Å². The molecule has 0 aliphatic carbocycles. The molecule has 0 unspecified atom stereocenters. The first-order chi connectivity index (χ1) is 14.9. The lowest BCUT2D eigenvalue weighted by Crippen LogP contribution is -2.30. The van der Waals surface area contributed by atoms with Crippen LogP contribution in [0.25, 0.3) is 16.9 Å². The summed E-state index contributed by atoms with van der Waals surface area (Å²) in [6.07, 6.45) is 1.71. The molecule has 8 heteroatoms. The van der Waals surface area contributed by atoms with Gasteiger partial charge in [-0.05, 0) is 20.3 Å². The van der Waals surface area contributed by atoms with Gasteiger partial charge in [-0.25, -0.2) is 9.50 Å². The molecule has 4 aromatic rings. The molecular weight excluding hydrogens is 394 g/mol. The minimum absolute atomic E-state index is 0.00407. The average molecular weight is 419 g/mol. The Morgan fingerprint density at radius 2 is 1.97 bits per heavy atom. The van der Waals surface area contributed by atoms with Crippen molar-refractivity contribution in [3.63, 3.8) is 0 Å². The van der Waals surface area contributed by atoms with Gasteiger partial charge in [-0.15, -0.1) is 0 Å². The highest BCUT2D eigenvalue weighted by Crippen LogP contribution is 2.19. The summed E-state index contributed by atoms with van der Waals surface area (Å²) in [7, 11) is 1.80. The summed E-state index contributed by atoms with van der Waals surface area (Å²) < 4.78 is 7.07. The number of benzene rings is 1. The molecule has 1 aromatic carbocycles. The fourth-order valence-corrected chi connectivity index (χ4v) is 3.69. The van der Waals surface area contributed by atoms with Crippen LogP contribution in [-0.4, -0.2) is 44.2 Å². The van der Waals surface area contributed by atoms with Gasteiger partial charge in [-0.1, -0.05) is 35.5 Å². The van der Waals surface area contributed by atoms with Gasteiger partial charge in [0, 0.05) is 54.7 Å². The predicted octanol–water partition coefficient (Wildman–Crippen LogP) is 2.93. The van der Waals surface area contributed by atoms with E-state index >= 15 is 0 Å². The van der Waals surface area contributed by atoms with Gasteiger partial charge in [0.2, 0.25) is 5.91 Å². The van der Waals surface area contributed by atoms with Gasteiger partial charge in [0.15, 0.2) is 5.65 Å². The number of fused-ring (bicyclic) bond motifs is 1. The molecule has 3 aromatic heterocycles. The van der Waals surface area contributed by atoms with Crippen LogP contribution in [0.1, 0.15) is 29.1 Å². The van der Waals surface area contributed by atoms with E-state index in [2.05, 4.69) is 15.2 Å². The topological polar surface area (TPSA) is 96.5 Å². The Morgan fingerprint density at radius 1 is 1.19 bits per heavy atom. The van der Waals surface area contributed by atoms with Crippen LogP contribution in [0, 0.1) is 13.8 Å². The second-order valence-electron chi connectivity index (χ2n) is 7.72. The molecule has 0 aliphatic heterocycles. The monoisotopic (exact) mass is 419 g/mol. The van der Waals surface area contributed by atoms with E-state index in [1.807, 2.05) is 50.2 Å². The van der Waals surface area contributed by atoms with Crippen molar-refractivity contribution >= 4 is 11.6 Å². The van der Waals surface area contributed by atoms with Gasteiger partial charge in [0.25, 0.3) is 5.56 Å². The number of carbonyl (C=O) groups is 1. The molecule has 0 spiro atoms. The van der Waals surface area contributed by atoms with Crippen molar-refractivity contribution in [2.45, 2.75) is 33.1 Å². The third kappa shape index (κ3) is 4.42. The fraction of sp³-hybridized carbons (Fsp3) is 0.304. The van der Waals surface area contributed by atoms with Crippen LogP contribution in [0.3, 0.4) is 0 Å². The molecule has 0 saturated carbocycles. The Kier molecular flexibility index (Phi) is 5.70. The fourth-order valence-electron chi connectivity index (χ4n) is 3.69. The third-order valence-electron chi connectivity index (χ3n) is 5.50. The zero-order valence-corrected chi connectivity index (χ0v) is 17.9. The molecule has 0 atom stereocenters. The molecule has 4 rings (SSSR count). The molecule has 0 aliphatic rings. The molecule has 160 valence electrons. The minimum Gasteiger partial charge on any atom is -0.361 e. The lowest BCUT2D eigenvalue weighted by Gasteiger charge is -2.18. The molecule has 0 radical (unpaired) electrons. The summed E-state index contributed by atoms with van der Waals surface area (Å²) in [5, 5.41) is 6.85. The summed E-state index contributed by atoms with van der Waals surface area (Å²) in [6.45, 7) is 4.35. The zero-order chi connectivity index (χ0) is 22.0. The lowest BCUT2D eigenvalue weighted by molar-refractivity contribution is -0.129. The van der Waals surface area contributed by atoms with Crippen molar-refractivity contribution < 1.29 is 9.32 Å². The van der Waals surface area contributed by atoms with E-state index in [4.69, 9.17) is 4.52 Å². The van der Waals surface area contributed by atoms with Crippen LogP contribution < -0.4 is 5.56 Å². The Bertz CT molecular complexity index is 1270. The highest BCUT2D eigenvalue weighted by molar-refractivity contribution is 5.79. The zero-order valence-electron chi connectivity index (χ0n) is 17.9. The maximum Gasteiger partial charge on any atom is 0.266 e. The number of rotatable bonds is 7. The number of aryl methyl sites for hydroxylation is 3. The van der Waals surface area contributed by atoms with E-state index in [9.17, 15) is 9.59 Å². The van der Waals surface area contributed by atoms with Crippen LogP contribution in [0.5, 0.6) is 0 Å².